The molecule has 1 saturated heterocycles. The third-order valence-electron chi connectivity index (χ3n) is 6.64. The summed E-state index contributed by atoms with van der Waals surface area (Å²) in [6.07, 6.45) is -4.36. The molecule has 1 atom stereocenters. The van der Waals surface area contributed by atoms with Crippen molar-refractivity contribution in [3.63, 3.8) is 0 Å². The monoisotopic (exact) mass is 532 g/mol. The molecule has 0 aromatic heterocycles. The highest BCUT2D eigenvalue weighted by molar-refractivity contribution is 6.48. The van der Waals surface area contributed by atoms with Gasteiger partial charge in [-0.15, -0.1) is 0 Å². The smallest absolute Gasteiger partial charge is 0.380 e. The molecule has 5 rings (SSSR count). The second-order valence-corrected chi connectivity index (χ2v) is 10.1. The van der Waals surface area contributed by atoms with Gasteiger partial charge >= 0.3 is 6.18 Å². The number of hydrogen-bond acceptors (Lipinski definition) is 4. The van der Waals surface area contributed by atoms with Crippen molar-refractivity contribution in [2.24, 2.45) is 5.16 Å². The molecule has 34 heavy (non-hydrogen) atoms. The van der Waals surface area contributed by atoms with E-state index in [0.717, 1.165) is 17.7 Å². The van der Waals surface area contributed by atoms with E-state index >= 15 is 0 Å². The summed E-state index contributed by atoms with van der Waals surface area (Å²) in [6.45, 7) is 1.000. The van der Waals surface area contributed by atoms with Crippen molar-refractivity contribution >= 4 is 46.4 Å². The van der Waals surface area contributed by atoms with Crippen molar-refractivity contribution < 1.29 is 27.9 Å². The molecular formula is C23H18Cl3F3N2O3. The van der Waals surface area contributed by atoms with Crippen LogP contribution in [0.1, 0.15) is 41.9 Å². The minimum atomic E-state index is -4.80. The Hall–Kier alpha value is -2.00. The van der Waals surface area contributed by atoms with Crippen LogP contribution in [0.25, 0.3) is 0 Å². The maximum absolute atomic E-state index is 14.2. The molecule has 0 bridgehead atoms. The van der Waals surface area contributed by atoms with Gasteiger partial charge in [0.25, 0.3) is 11.5 Å². The Morgan fingerprint density at radius 1 is 1.09 bits per heavy atom. The van der Waals surface area contributed by atoms with Crippen molar-refractivity contribution in [1.82, 2.24) is 4.90 Å². The Morgan fingerprint density at radius 2 is 1.68 bits per heavy atom. The number of nitrogens with zero attached hydrogens (tertiary/aromatic N) is 2. The van der Waals surface area contributed by atoms with Crippen molar-refractivity contribution in [2.45, 2.75) is 42.6 Å². The van der Waals surface area contributed by atoms with Gasteiger partial charge in [0, 0.05) is 31.0 Å². The predicted molar refractivity (Wildman–Crippen MR) is 121 cm³/mol. The van der Waals surface area contributed by atoms with Crippen LogP contribution in [0.4, 0.5) is 13.2 Å². The van der Waals surface area contributed by atoms with Gasteiger partial charge in [0.1, 0.15) is 5.60 Å². The van der Waals surface area contributed by atoms with E-state index in [1.165, 1.54) is 0 Å². The minimum absolute atomic E-state index is 0.0401. The zero-order chi connectivity index (χ0) is 24.5. The number of rotatable bonds is 4. The Balaban J connectivity index is 1.32. The van der Waals surface area contributed by atoms with Crippen molar-refractivity contribution in [2.75, 3.05) is 13.1 Å². The van der Waals surface area contributed by atoms with E-state index in [1.54, 1.807) is 29.2 Å². The summed E-state index contributed by atoms with van der Waals surface area (Å²) in [5, 5.41) is 13.4. The normalized spacial score (nSPS) is 23.9. The van der Waals surface area contributed by atoms with Crippen molar-refractivity contribution in [1.29, 1.82) is 0 Å². The van der Waals surface area contributed by atoms with Crippen LogP contribution in [-0.4, -0.2) is 46.5 Å². The molecule has 1 N–H and O–H groups in total. The molecule has 1 unspecified atom stereocenters. The third kappa shape index (κ3) is 3.85. The van der Waals surface area contributed by atoms with Crippen LogP contribution in [0.5, 0.6) is 0 Å². The molecule has 3 aliphatic rings. The molecule has 0 radical (unpaired) electrons. The van der Waals surface area contributed by atoms with Crippen LogP contribution in [-0.2, 0) is 15.2 Å². The molecule has 1 aliphatic carbocycles. The van der Waals surface area contributed by atoms with E-state index in [2.05, 4.69) is 5.16 Å². The third-order valence-corrected chi connectivity index (χ3v) is 7.84. The molecule has 1 amide bonds. The zero-order valence-corrected chi connectivity index (χ0v) is 19.8. The molecule has 5 nitrogen and oxygen atoms in total. The maximum atomic E-state index is 14.2. The lowest BCUT2D eigenvalue weighted by Gasteiger charge is -2.40. The van der Waals surface area contributed by atoms with Gasteiger partial charge in [-0.05, 0) is 36.1 Å². The van der Waals surface area contributed by atoms with E-state index in [1.807, 2.05) is 0 Å². The predicted octanol–water partition coefficient (Wildman–Crippen LogP) is 5.68. The molecule has 180 valence electrons. The highest BCUT2D eigenvalue weighted by Crippen LogP contribution is 2.50. The van der Waals surface area contributed by atoms with E-state index in [4.69, 9.17) is 39.6 Å². The molecule has 0 spiro atoms. The van der Waals surface area contributed by atoms with Gasteiger partial charge in [-0.2, -0.15) is 13.2 Å². The second-order valence-electron chi connectivity index (χ2n) is 8.95. The number of carbonyl (C=O) groups excluding carboxylic acids is 1. The van der Waals surface area contributed by atoms with E-state index in [9.17, 15) is 23.1 Å². The Bertz CT molecular complexity index is 1170. The van der Waals surface area contributed by atoms with Gasteiger partial charge in [-0.1, -0.05) is 64.2 Å². The zero-order valence-electron chi connectivity index (χ0n) is 17.5. The molecule has 2 heterocycles. The van der Waals surface area contributed by atoms with Crippen LogP contribution in [0, 0.1) is 0 Å². The summed E-state index contributed by atoms with van der Waals surface area (Å²) in [7, 11) is 0. The van der Waals surface area contributed by atoms with Gasteiger partial charge in [0.05, 0.1) is 20.8 Å². The molecule has 1 saturated carbocycles. The van der Waals surface area contributed by atoms with Crippen LogP contribution >= 0.6 is 34.8 Å². The summed E-state index contributed by atoms with van der Waals surface area (Å²) < 4.78 is 42.6. The first kappa shape index (κ1) is 23.7. The van der Waals surface area contributed by atoms with Gasteiger partial charge in [0.2, 0.25) is 0 Å². The second kappa shape index (κ2) is 8.01. The number of likely N-dealkylation sites (tertiary alicyclic amines) is 1. The molecule has 2 fully saturated rings. The fraction of sp³-hybridized carbons (Fsp3) is 0.391. The summed E-state index contributed by atoms with van der Waals surface area (Å²) in [6, 6.07) is 9.16. The Morgan fingerprint density at radius 3 is 2.21 bits per heavy atom. The average Bonchev–Trinajstić information content (AvgIpc) is 3.33. The lowest BCUT2D eigenvalue weighted by molar-refractivity contribution is -0.275. The summed E-state index contributed by atoms with van der Waals surface area (Å²) in [4.78, 5) is 18.8. The number of oxime groups is 1. The van der Waals surface area contributed by atoms with Crippen LogP contribution < -0.4 is 0 Å². The number of halogens is 6. The first-order valence-electron chi connectivity index (χ1n) is 10.5. The molecule has 2 aromatic rings. The molecular weight excluding hydrogens is 516 g/mol. The lowest BCUT2D eigenvalue weighted by Crippen LogP contribution is -2.52. The average molecular weight is 534 g/mol. The van der Waals surface area contributed by atoms with Crippen LogP contribution in [0.2, 0.25) is 15.1 Å². The quantitative estimate of drug-likeness (QED) is 0.515. The molecule has 2 aliphatic heterocycles. The number of amides is 1. The summed E-state index contributed by atoms with van der Waals surface area (Å²) in [5.74, 6) is -0.126. The minimum Gasteiger partial charge on any atom is -0.380 e. The van der Waals surface area contributed by atoms with Crippen LogP contribution in [0.15, 0.2) is 41.6 Å². The first-order valence-corrected chi connectivity index (χ1v) is 11.7. The number of aliphatic hydroxyl groups is 1. The summed E-state index contributed by atoms with van der Waals surface area (Å²) >= 11 is 17.8. The Kier molecular flexibility index (Phi) is 5.59. The fourth-order valence-electron chi connectivity index (χ4n) is 4.28. The Labute approximate surface area is 208 Å². The highest BCUT2D eigenvalue weighted by atomic mass is 35.5. The highest BCUT2D eigenvalue weighted by Gasteiger charge is 2.62. The number of carbonyl (C=O) groups is 1. The van der Waals surface area contributed by atoms with Gasteiger partial charge in [-0.25, -0.2) is 0 Å². The van der Waals surface area contributed by atoms with E-state index < -0.39 is 23.8 Å². The lowest BCUT2D eigenvalue weighted by atomic mass is 9.85. The van der Waals surface area contributed by atoms with Gasteiger partial charge in [0.15, 0.2) is 0 Å². The topological polar surface area (TPSA) is 62.1 Å². The fourth-order valence-corrected chi connectivity index (χ4v) is 4.87. The maximum Gasteiger partial charge on any atom is 0.435 e. The largest absolute Gasteiger partial charge is 0.435 e. The summed E-state index contributed by atoms with van der Waals surface area (Å²) in [5.41, 5.74) is -2.64. The number of hydrogen-bond donors (Lipinski definition) is 1. The molecule has 2 aromatic carbocycles. The van der Waals surface area contributed by atoms with Gasteiger partial charge in [-0.3, -0.25) is 4.79 Å². The van der Waals surface area contributed by atoms with Crippen LogP contribution in [0.3, 0.4) is 0 Å². The van der Waals surface area contributed by atoms with Crippen molar-refractivity contribution in [3.05, 3.63) is 68.2 Å². The van der Waals surface area contributed by atoms with Gasteiger partial charge < -0.3 is 14.8 Å². The standard InChI is InChI=1S/C23H18Cl3F3N2O3/c24-16-7-15(8-17(25)19(16)26)22(23(27,28)29)9-18(30-34-22)13-3-1-12(2-4-13)14-10-31(11-14)20(32)21(33)5-6-21/h1-4,7-8,14,33H,5-6,9-11H2. The van der Waals surface area contributed by atoms with E-state index in [0.29, 0.717) is 31.5 Å². The van der Waals surface area contributed by atoms with E-state index in [-0.39, 0.29) is 38.2 Å². The first-order chi connectivity index (χ1) is 15.9. The SMILES string of the molecule is O=C(N1CC(c2ccc(C3=NOC(c4cc(Cl)c(Cl)c(Cl)c4)(C(F)(F)F)C3)cc2)C1)C1(O)CC1. The number of alkyl halides is 3. The molecule has 11 heteroatoms. The number of benzene rings is 2. The van der Waals surface area contributed by atoms with Crippen molar-refractivity contribution in [3.8, 4) is 0 Å².